The van der Waals surface area contributed by atoms with Crippen LogP contribution >= 0.6 is 0 Å². The van der Waals surface area contributed by atoms with E-state index in [9.17, 15) is 14.7 Å². The van der Waals surface area contributed by atoms with Crippen molar-refractivity contribution in [2.24, 2.45) is 23.5 Å². The van der Waals surface area contributed by atoms with E-state index in [1.165, 1.54) is 25.7 Å². The summed E-state index contributed by atoms with van der Waals surface area (Å²) in [6, 6.07) is 9.56. The highest BCUT2D eigenvalue weighted by Crippen LogP contribution is 2.48. The molecule has 0 radical (unpaired) electrons. The molecule has 3 N–H and O–H groups in total. The second kappa shape index (κ2) is 8.76. The fourth-order valence-electron chi connectivity index (χ4n) is 5.79. The Morgan fingerprint density at radius 1 is 1.13 bits per heavy atom. The maximum atomic E-state index is 12.7. The summed E-state index contributed by atoms with van der Waals surface area (Å²) in [6.45, 7) is 0.257. The third-order valence-corrected chi connectivity index (χ3v) is 7.48. The van der Waals surface area contributed by atoms with Gasteiger partial charge in [-0.05, 0) is 48.7 Å². The van der Waals surface area contributed by atoms with Crippen molar-refractivity contribution in [1.29, 1.82) is 0 Å². The molecular formula is C25H31NO4. The van der Waals surface area contributed by atoms with Gasteiger partial charge < -0.3 is 15.6 Å². The summed E-state index contributed by atoms with van der Waals surface area (Å²) in [4.78, 5) is 24.6. The lowest BCUT2D eigenvalue weighted by molar-refractivity contribution is -0.147. The molecule has 4 rings (SSSR count). The summed E-state index contributed by atoms with van der Waals surface area (Å²) in [5.41, 5.74) is 6.74. The van der Waals surface area contributed by atoms with Gasteiger partial charge in [-0.15, -0.1) is 0 Å². The van der Waals surface area contributed by atoms with Gasteiger partial charge in [0, 0.05) is 5.92 Å². The summed E-state index contributed by atoms with van der Waals surface area (Å²) in [5.74, 6) is -0.684. The zero-order valence-electron chi connectivity index (χ0n) is 17.3. The van der Waals surface area contributed by atoms with Crippen LogP contribution < -0.4 is 5.73 Å². The summed E-state index contributed by atoms with van der Waals surface area (Å²) in [6.07, 6.45) is 12.9. The third kappa shape index (κ3) is 3.95. The maximum absolute atomic E-state index is 12.7. The van der Waals surface area contributed by atoms with Gasteiger partial charge in [0.05, 0.1) is 5.57 Å². The first kappa shape index (κ1) is 20.9. The Labute approximate surface area is 178 Å². The number of carboxylic acid groups (broad SMARTS) is 1. The maximum Gasteiger partial charge on any atom is 0.338 e. The van der Waals surface area contributed by atoms with E-state index in [0.717, 1.165) is 30.7 Å². The van der Waals surface area contributed by atoms with Gasteiger partial charge in [0.2, 0.25) is 0 Å². The Morgan fingerprint density at radius 2 is 1.87 bits per heavy atom. The second-order valence-electron chi connectivity index (χ2n) is 9.06. The number of ether oxygens (including phenoxy) is 1. The largest absolute Gasteiger partial charge is 0.480 e. The summed E-state index contributed by atoms with van der Waals surface area (Å²) < 4.78 is 4.98. The van der Waals surface area contributed by atoms with E-state index in [1.807, 2.05) is 30.3 Å². The number of carbonyl (C=O) groups is 2. The number of hydrogen-bond donors (Lipinski definition) is 2. The summed E-state index contributed by atoms with van der Waals surface area (Å²) in [7, 11) is 0. The quantitative estimate of drug-likeness (QED) is 0.688. The molecule has 1 aromatic carbocycles. The summed E-state index contributed by atoms with van der Waals surface area (Å²) in [5, 5.41) is 10.4. The molecule has 0 bridgehead atoms. The van der Waals surface area contributed by atoms with Gasteiger partial charge in [0.1, 0.15) is 12.1 Å². The van der Waals surface area contributed by atoms with Crippen molar-refractivity contribution in [3.8, 4) is 0 Å². The molecule has 0 spiro atoms. The minimum Gasteiger partial charge on any atom is -0.480 e. The molecule has 1 heterocycles. The molecule has 5 heteroatoms. The highest BCUT2D eigenvalue weighted by Gasteiger charge is 2.51. The molecule has 30 heavy (non-hydrogen) atoms. The Balaban J connectivity index is 1.68. The van der Waals surface area contributed by atoms with Crippen molar-refractivity contribution in [1.82, 2.24) is 0 Å². The molecule has 2 saturated carbocycles. The highest BCUT2D eigenvalue weighted by atomic mass is 16.5. The van der Waals surface area contributed by atoms with E-state index in [4.69, 9.17) is 10.5 Å². The van der Waals surface area contributed by atoms with Gasteiger partial charge in [-0.2, -0.15) is 0 Å². The molecule has 3 aliphatic rings. The predicted octanol–water partition coefficient (Wildman–Crippen LogP) is 4.20. The average molecular weight is 410 g/mol. The van der Waals surface area contributed by atoms with Crippen LogP contribution in [0.1, 0.15) is 56.4 Å². The number of carboxylic acids is 1. The average Bonchev–Trinajstić information content (AvgIpc) is 3.18. The number of aliphatic carboxylic acids is 1. The SMILES string of the molecule is NC(C(=O)O)(C1CCC2CCCCC2C1)C(/C=C/C1=CCOC1=O)c1ccccc1. The first-order valence-corrected chi connectivity index (χ1v) is 11.1. The van der Waals surface area contributed by atoms with Crippen LogP contribution in [0.4, 0.5) is 0 Å². The van der Waals surface area contributed by atoms with Crippen molar-refractivity contribution < 1.29 is 19.4 Å². The summed E-state index contributed by atoms with van der Waals surface area (Å²) >= 11 is 0. The predicted molar refractivity (Wildman–Crippen MR) is 115 cm³/mol. The standard InChI is InChI=1S/C25H31NO4/c26-25(24(28)29,21-12-10-17-6-4-5-9-20(17)16-21)22(18-7-2-1-3-8-18)13-11-19-14-15-30-23(19)27/h1-3,7-8,11,13-14,17,20-22H,4-6,9-10,12,15-16,26H2,(H,28,29)/b13-11+. The van der Waals surface area contributed by atoms with Crippen molar-refractivity contribution in [2.45, 2.75) is 56.4 Å². The van der Waals surface area contributed by atoms with Crippen molar-refractivity contribution in [3.63, 3.8) is 0 Å². The van der Waals surface area contributed by atoms with Gasteiger partial charge in [0.15, 0.2) is 0 Å². The van der Waals surface area contributed by atoms with Crippen LogP contribution in [0, 0.1) is 17.8 Å². The van der Waals surface area contributed by atoms with Gasteiger partial charge >= 0.3 is 11.9 Å². The normalized spacial score (nSPS) is 29.6. The van der Waals surface area contributed by atoms with Gasteiger partial charge in [-0.1, -0.05) is 68.2 Å². The van der Waals surface area contributed by atoms with Crippen molar-refractivity contribution >= 4 is 11.9 Å². The number of nitrogens with two attached hydrogens (primary N) is 1. The lowest BCUT2D eigenvalue weighted by Gasteiger charge is -2.46. The number of carbonyl (C=O) groups excluding carboxylic acids is 1. The van der Waals surface area contributed by atoms with E-state index in [1.54, 1.807) is 18.2 Å². The van der Waals surface area contributed by atoms with Crippen LogP contribution in [-0.4, -0.2) is 29.2 Å². The third-order valence-electron chi connectivity index (χ3n) is 7.48. The van der Waals surface area contributed by atoms with Crippen LogP contribution in [0.25, 0.3) is 0 Å². The first-order chi connectivity index (χ1) is 14.5. The fraction of sp³-hybridized carbons (Fsp3) is 0.520. The molecule has 0 saturated heterocycles. The van der Waals surface area contributed by atoms with Crippen LogP contribution in [0.15, 0.2) is 54.1 Å². The minimum absolute atomic E-state index is 0.103. The first-order valence-electron chi connectivity index (χ1n) is 11.1. The van der Waals surface area contributed by atoms with E-state index >= 15 is 0 Å². The van der Waals surface area contributed by atoms with Gasteiger partial charge in [-0.25, -0.2) is 4.79 Å². The molecule has 5 unspecified atom stereocenters. The zero-order valence-corrected chi connectivity index (χ0v) is 17.3. The zero-order chi connectivity index (χ0) is 21.1. The number of hydrogen-bond acceptors (Lipinski definition) is 4. The number of rotatable bonds is 6. The Morgan fingerprint density at radius 3 is 2.53 bits per heavy atom. The van der Waals surface area contributed by atoms with E-state index < -0.39 is 17.4 Å². The molecule has 2 fully saturated rings. The lowest BCUT2D eigenvalue weighted by Crippen LogP contribution is -2.59. The van der Waals surface area contributed by atoms with Crippen molar-refractivity contribution in [2.75, 3.05) is 6.61 Å². The van der Waals surface area contributed by atoms with Crippen LogP contribution in [-0.2, 0) is 14.3 Å². The molecular weight excluding hydrogens is 378 g/mol. The number of benzene rings is 1. The topological polar surface area (TPSA) is 89.6 Å². The molecule has 0 amide bonds. The molecule has 0 aromatic heterocycles. The Hall–Kier alpha value is -2.40. The minimum atomic E-state index is -1.43. The second-order valence-corrected chi connectivity index (χ2v) is 9.06. The monoisotopic (exact) mass is 409 g/mol. The highest BCUT2D eigenvalue weighted by molar-refractivity contribution is 5.93. The van der Waals surface area contributed by atoms with Crippen molar-refractivity contribution in [3.05, 3.63) is 59.7 Å². The van der Waals surface area contributed by atoms with Crippen LogP contribution in [0.3, 0.4) is 0 Å². The number of fused-ring (bicyclic) bond motifs is 1. The van der Waals surface area contributed by atoms with E-state index in [-0.39, 0.29) is 18.5 Å². The molecule has 1 aromatic rings. The van der Waals surface area contributed by atoms with Gasteiger partial charge in [-0.3, -0.25) is 4.79 Å². The Kier molecular flexibility index (Phi) is 6.09. The van der Waals surface area contributed by atoms with Crippen LogP contribution in [0.5, 0.6) is 0 Å². The molecule has 2 aliphatic carbocycles. The number of esters is 1. The van der Waals surface area contributed by atoms with E-state index in [2.05, 4.69) is 0 Å². The molecule has 5 nitrogen and oxygen atoms in total. The Bertz CT molecular complexity index is 846. The molecule has 1 aliphatic heterocycles. The van der Waals surface area contributed by atoms with E-state index in [0.29, 0.717) is 11.5 Å². The number of cyclic esters (lactones) is 1. The van der Waals surface area contributed by atoms with Gasteiger partial charge in [0.25, 0.3) is 0 Å². The smallest absolute Gasteiger partial charge is 0.338 e. The molecule has 160 valence electrons. The molecule has 5 atom stereocenters. The fourth-order valence-corrected chi connectivity index (χ4v) is 5.79. The van der Waals surface area contributed by atoms with Crippen LogP contribution in [0.2, 0.25) is 0 Å². The lowest BCUT2D eigenvalue weighted by atomic mass is 9.60.